The van der Waals surface area contributed by atoms with Crippen molar-refractivity contribution in [1.82, 2.24) is 5.32 Å². The predicted octanol–water partition coefficient (Wildman–Crippen LogP) is 3.36. The van der Waals surface area contributed by atoms with E-state index in [1.165, 1.54) is 23.3 Å². The second-order valence-corrected chi connectivity index (χ2v) is 5.15. The summed E-state index contributed by atoms with van der Waals surface area (Å²) in [6.45, 7) is 6.95. The highest BCUT2D eigenvalue weighted by molar-refractivity contribution is 7.10. The molecule has 76 valence electrons. The molecule has 0 bridgehead atoms. The lowest BCUT2D eigenvalue weighted by atomic mass is 10.1. The SMILES string of the molecule is C=C(C)CNC(c1cccs1)C1CC1. The van der Waals surface area contributed by atoms with Gasteiger partial charge in [-0.25, -0.2) is 0 Å². The third-order valence-electron chi connectivity index (χ3n) is 2.57. The van der Waals surface area contributed by atoms with Crippen LogP contribution in [0.5, 0.6) is 0 Å². The molecule has 14 heavy (non-hydrogen) atoms. The first kappa shape index (κ1) is 9.94. The van der Waals surface area contributed by atoms with E-state index >= 15 is 0 Å². The average molecular weight is 207 g/mol. The Bertz CT molecular complexity index is 298. The van der Waals surface area contributed by atoms with Crippen LogP contribution in [0.3, 0.4) is 0 Å². The van der Waals surface area contributed by atoms with Crippen molar-refractivity contribution in [2.45, 2.75) is 25.8 Å². The van der Waals surface area contributed by atoms with Gasteiger partial charge in [-0.2, -0.15) is 0 Å². The zero-order valence-corrected chi connectivity index (χ0v) is 9.44. The largest absolute Gasteiger partial charge is 0.305 e. The molecule has 1 atom stereocenters. The second-order valence-electron chi connectivity index (χ2n) is 4.17. The summed E-state index contributed by atoms with van der Waals surface area (Å²) >= 11 is 1.86. The van der Waals surface area contributed by atoms with Gasteiger partial charge >= 0.3 is 0 Å². The molecule has 1 fully saturated rings. The van der Waals surface area contributed by atoms with Crippen molar-refractivity contribution in [2.75, 3.05) is 6.54 Å². The lowest BCUT2D eigenvalue weighted by Gasteiger charge is -2.16. The van der Waals surface area contributed by atoms with Gasteiger partial charge in [-0.1, -0.05) is 18.2 Å². The van der Waals surface area contributed by atoms with Crippen molar-refractivity contribution < 1.29 is 0 Å². The van der Waals surface area contributed by atoms with Crippen LogP contribution >= 0.6 is 11.3 Å². The third-order valence-corrected chi connectivity index (χ3v) is 3.52. The number of hydrogen-bond acceptors (Lipinski definition) is 2. The van der Waals surface area contributed by atoms with E-state index in [1.807, 2.05) is 11.3 Å². The van der Waals surface area contributed by atoms with E-state index in [4.69, 9.17) is 0 Å². The van der Waals surface area contributed by atoms with E-state index < -0.39 is 0 Å². The summed E-state index contributed by atoms with van der Waals surface area (Å²) in [5.74, 6) is 0.869. The van der Waals surface area contributed by atoms with Crippen molar-refractivity contribution >= 4 is 11.3 Å². The monoisotopic (exact) mass is 207 g/mol. The van der Waals surface area contributed by atoms with Crippen LogP contribution in [0.2, 0.25) is 0 Å². The molecular formula is C12H17NS. The maximum atomic E-state index is 3.93. The highest BCUT2D eigenvalue weighted by Crippen LogP contribution is 2.42. The van der Waals surface area contributed by atoms with Crippen molar-refractivity contribution in [2.24, 2.45) is 5.92 Å². The number of hydrogen-bond donors (Lipinski definition) is 1. The zero-order valence-electron chi connectivity index (χ0n) is 8.62. The molecule has 1 unspecified atom stereocenters. The van der Waals surface area contributed by atoms with Gasteiger partial charge in [0.25, 0.3) is 0 Å². The molecule has 0 aromatic carbocycles. The lowest BCUT2D eigenvalue weighted by Crippen LogP contribution is -2.23. The first-order valence-corrected chi connectivity index (χ1v) is 6.06. The fourth-order valence-electron chi connectivity index (χ4n) is 1.68. The molecule has 0 radical (unpaired) electrons. The summed E-state index contributed by atoms with van der Waals surface area (Å²) in [5, 5.41) is 5.75. The molecule has 2 heteroatoms. The van der Waals surface area contributed by atoms with Crippen molar-refractivity contribution in [3.63, 3.8) is 0 Å². The first-order valence-electron chi connectivity index (χ1n) is 5.18. The van der Waals surface area contributed by atoms with E-state index in [2.05, 4.69) is 36.3 Å². The molecule has 1 aliphatic carbocycles. The highest BCUT2D eigenvalue weighted by atomic mass is 32.1. The number of rotatable bonds is 5. The highest BCUT2D eigenvalue weighted by Gasteiger charge is 2.32. The molecule has 1 heterocycles. The molecule has 1 nitrogen and oxygen atoms in total. The minimum Gasteiger partial charge on any atom is -0.305 e. The van der Waals surface area contributed by atoms with Crippen LogP contribution in [0.1, 0.15) is 30.7 Å². The normalized spacial score (nSPS) is 18.1. The summed E-state index contributed by atoms with van der Waals surface area (Å²) in [4.78, 5) is 1.48. The molecule has 2 rings (SSSR count). The minimum atomic E-state index is 0.576. The van der Waals surface area contributed by atoms with Gasteiger partial charge in [-0.3, -0.25) is 0 Å². The van der Waals surface area contributed by atoms with E-state index in [1.54, 1.807) is 0 Å². The first-order chi connectivity index (χ1) is 6.77. The van der Waals surface area contributed by atoms with Gasteiger partial charge in [0.15, 0.2) is 0 Å². The zero-order chi connectivity index (χ0) is 9.97. The number of thiophene rings is 1. The average Bonchev–Trinajstić information content (AvgIpc) is 2.81. The maximum absolute atomic E-state index is 3.93. The Hall–Kier alpha value is -0.600. The Labute approximate surface area is 89.8 Å². The molecule has 0 saturated heterocycles. The molecule has 1 aliphatic rings. The Balaban J connectivity index is 1.97. The number of nitrogens with one attached hydrogen (secondary N) is 1. The van der Waals surface area contributed by atoms with E-state index in [0.717, 1.165) is 12.5 Å². The fraction of sp³-hybridized carbons (Fsp3) is 0.500. The molecule has 0 amide bonds. The molecule has 1 N–H and O–H groups in total. The summed E-state index contributed by atoms with van der Waals surface area (Å²) < 4.78 is 0. The van der Waals surface area contributed by atoms with Gasteiger partial charge in [0, 0.05) is 17.5 Å². The van der Waals surface area contributed by atoms with Crippen LogP contribution in [0.4, 0.5) is 0 Å². The molecule has 1 aromatic rings. The summed E-state index contributed by atoms with van der Waals surface area (Å²) in [6.07, 6.45) is 2.76. The van der Waals surface area contributed by atoms with E-state index in [9.17, 15) is 0 Å². The van der Waals surface area contributed by atoms with Crippen molar-refractivity contribution in [3.05, 3.63) is 34.5 Å². The van der Waals surface area contributed by atoms with Crippen LogP contribution in [0.25, 0.3) is 0 Å². The second kappa shape index (κ2) is 4.28. The van der Waals surface area contributed by atoms with Crippen LogP contribution in [0, 0.1) is 5.92 Å². The Morgan fingerprint density at radius 2 is 2.50 bits per heavy atom. The minimum absolute atomic E-state index is 0.576. The topological polar surface area (TPSA) is 12.0 Å². The standard InChI is InChI=1S/C12H17NS/c1-9(2)8-13-12(10-5-6-10)11-4-3-7-14-11/h3-4,7,10,12-13H,1,5-6,8H2,2H3. The summed E-state index contributed by atoms with van der Waals surface area (Å²) in [7, 11) is 0. The van der Waals surface area contributed by atoms with Crippen molar-refractivity contribution in [3.8, 4) is 0 Å². The third kappa shape index (κ3) is 2.46. The van der Waals surface area contributed by atoms with Gasteiger partial charge in [-0.05, 0) is 37.1 Å². The molecule has 1 saturated carbocycles. The van der Waals surface area contributed by atoms with Crippen LogP contribution in [-0.4, -0.2) is 6.54 Å². The van der Waals surface area contributed by atoms with Gasteiger partial charge in [0.05, 0.1) is 0 Å². The summed E-state index contributed by atoms with van der Waals surface area (Å²) in [6, 6.07) is 4.95. The van der Waals surface area contributed by atoms with Crippen molar-refractivity contribution in [1.29, 1.82) is 0 Å². The van der Waals surface area contributed by atoms with Crippen LogP contribution in [-0.2, 0) is 0 Å². The van der Waals surface area contributed by atoms with Gasteiger partial charge in [-0.15, -0.1) is 11.3 Å². The lowest BCUT2D eigenvalue weighted by molar-refractivity contribution is 0.510. The Morgan fingerprint density at radius 1 is 1.71 bits per heavy atom. The van der Waals surface area contributed by atoms with Crippen LogP contribution in [0.15, 0.2) is 29.7 Å². The Morgan fingerprint density at radius 3 is 3.00 bits per heavy atom. The molecule has 0 spiro atoms. The van der Waals surface area contributed by atoms with Gasteiger partial charge < -0.3 is 5.32 Å². The van der Waals surface area contributed by atoms with E-state index in [-0.39, 0.29) is 0 Å². The van der Waals surface area contributed by atoms with Crippen LogP contribution < -0.4 is 5.32 Å². The summed E-state index contributed by atoms with van der Waals surface area (Å²) in [5.41, 5.74) is 1.22. The molecule has 1 aromatic heterocycles. The smallest absolute Gasteiger partial charge is 0.0445 e. The molecule has 0 aliphatic heterocycles. The predicted molar refractivity (Wildman–Crippen MR) is 62.6 cm³/mol. The quantitative estimate of drug-likeness (QED) is 0.730. The van der Waals surface area contributed by atoms with E-state index in [0.29, 0.717) is 6.04 Å². The Kier molecular flexibility index (Phi) is 3.04. The van der Waals surface area contributed by atoms with Gasteiger partial charge in [0.1, 0.15) is 0 Å². The molecular weight excluding hydrogens is 190 g/mol. The van der Waals surface area contributed by atoms with Gasteiger partial charge in [0.2, 0.25) is 0 Å². The fourth-order valence-corrected chi connectivity index (χ4v) is 2.58. The maximum Gasteiger partial charge on any atom is 0.0445 e.